The molecule has 0 aromatic carbocycles. The van der Waals surface area contributed by atoms with Gasteiger partial charge in [-0.25, -0.2) is 9.59 Å². The van der Waals surface area contributed by atoms with E-state index >= 15 is 0 Å². The summed E-state index contributed by atoms with van der Waals surface area (Å²) in [6.07, 6.45) is 2.26. The van der Waals surface area contributed by atoms with Gasteiger partial charge in [0.1, 0.15) is 12.2 Å². The molecule has 4 bridgehead atoms. The van der Waals surface area contributed by atoms with E-state index in [0.29, 0.717) is 18.8 Å². The van der Waals surface area contributed by atoms with Crippen molar-refractivity contribution in [3.8, 4) is 0 Å². The van der Waals surface area contributed by atoms with Gasteiger partial charge in [-0.2, -0.15) is 0 Å². The lowest BCUT2D eigenvalue weighted by molar-refractivity contribution is -0.179. The Hall–Kier alpha value is -2.12. The van der Waals surface area contributed by atoms with Gasteiger partial charge in [-0.1, -0.05) is 0 Å². The van der Waals surface area contributed by atoms with E-state index < -0.39 is 48.7 Å². The summed E-state index contributed by atoms with van der Waals surface area (Å²) in [6.45, 7) is 3.87. The number of hydrogen-bond donors (Lipinski definition) is 0. The Morgan fingerprint density at radius 3 is 2.41 bits per heavy atom. The molecule has 2 heterocycles. The summed E-state index contributed by atoms with van der Waals surface area (Å²) in [4.78, 5) is 47.4. The highest BCUT2D eigenvalue weighted by molar-refractivity contribution is 5.81. The molecule has 5 unspecified atom stereocenters. The third-order valence-electron chi connectivity index (χ3n) is 5.39. The second-order valence-electron chi connectivity index (χ2n) is 8.68. The number of carbonyl (C=O) groups excluding carboxylic acids is 4. The molecular formula is C19H26O8. The largest absolute Gasteiger partial charge is 0.458 e. The van der Waals surface area contributed by atoms with Gasteiger partial charge >= 0.3 is 23.9 Å². The Morgan fingerprint density at radius 1 is 1.00 bits per heavy atom. The van der Waals surface area contributed by atoms with Crippen molar-refractivity contribution in [2.75, 3.05) is 13.2 Å². The smallest absolute Gasteiger partial charge is 0.344 e. The lowest BCUT2D eigenvalue weighted by Crippen LogP contribution is -2.45. The minimum atomic E-state index is -0.821. The standard InChI is InChI=1S/C19H26O8/c1-19(2,3)18(23)25-8-14(20)24-9-15(21)27-16-11-4-10-5-12(7-11)17(22)26-13(16)6-10/h10-13,16H,4-9H2,1-3H3. The zero-order valence-corrected chi connectivity index (χ0v) is 15.9. The van der Waals surface area contributed by atoms with Gasteiger partial charge in [0.05, 0.1) is 11.3 Å². The maximum absolute atomic E-state index is 12.1. The first-order valence-corrected chi connectivity index (χ1v) is 9.36. The van der Waals surface area contributed by atoms with Crippen LogP contribution in [0.1, 0.15) is 46.5 Å². The fraction of sp³-hybridized carbons (Fsp3) is 0.789. The van der Waals surface area contributed by atoms with Crippen molar-refractivity contribution in [3.63, 3.8) is 0 Å². The van der Waals surface area contributed by atoms with Crippen LogP contribution in [0.25, 0.3) is 0 Å². The van der Waals surface area contributed by atoms with Crippen molar-refractivity contribution < 1.29 is 38.1 Å². The lowest BCUT2D eigenvalue weighted by atomic mass is 9.67. The molecule has 4 rings (SSSR count). The molecule has 8 nitrogen and oxygen atoms in total. The zero-order chi connectivity index (χ0) is 19.8. The summed E-state index contributed by atoms with van der Waals surface area (Å²) in [7, 11) is 0. The third-order valence-corrected chi connectivity index (χ3v) is 5.39. The van der Waals surface area contributed by atoms with E-state index in [9.17, 15) is 19.2 Å². The Kier molecular flexibility index (Phi) is 5.44. The van der Waals surface area contributed by atoms with Crippen LogP contribution in [0.4, 0.5) is 0 Å². The van der Waals surface area contributed by atoms with Crippen LogP contribution < -0.4 is 0 Å². The number of carbonyl (C=O) groups is 4. The fourth-order valence-electron chi connectivity index (χ4n) is 4.14. The summed E-state index contributed by atoms with van der Waals surface area (Å²) < 4.78 is 20.6. The van der Waals surface area contributed by atoms with Gasteiger partial charge in [-0.15, -0.1) is 0 Å². The number of esters is 4. The Balaban J connectivity index is 1.45. The minimum absolute atomic E-state index is 0.0993. The molecule has 150 valence electrons. The lowest BCUT2D eigenvalue weighted by Gasteiger charge is -2.41. The number of ether oxygens (including phenoxy) is 4. The average molecular weight is 382 g/mol. The van der Waals surface area contributed by atoms with Crippen LogP contribution in [-0.2, 0) is 38.1 Å². The second kappa shape index (κ2) is 7.48. The van der Waals surface area contributed by atoms with Gasteiger partial charge < -0.3 is 18.9 Å². The molecule has 4 aliphatic rings. The van der Waals surface area contributed by atoms with Crippen molar-refractivity contribution in [3.05, 3.63) is 0 Å². The van der Waals surface area contributed by atoms with Crippen molar-refractivity contribution in [1.29, 1.82) is 0 Å². The number of rotatable bonds is 5. The first-order chi connectivity index (χ1) is 12.6. The fourth-order valence-corrected chi connectivity index (χ4v) is 4.14. The molecule has 5 atom stereocenters. The quantitative estimate of drug-likeness (QED) is 0.519. The van der Waals surface area contributed by atoms with E-state index in [4.69, 9.17) is 18.9 Å². The van der Waals surface area contributed by atoms with E-state index in [1.165, 1.54) is 0 Å². The molecular weight excluding hydrogens is 356 g/mol. The van der Waals surface area contributed by atoms with Crippen LogP contribution >= 0.6 is 0 Å². The summed E-state index contributed by atoms with van der Waals surface area (Å²) in [6, 6.07) is 0. The second-order valence-corrected chi connectivity index (χ2v) is 8.68. The Labute approximate surface area is 157 Å². The molecule has 0 amide bonds. The SMILES string of the molecule is CC(C)(C)C(=O)OCC(=O)OCC(=O)OC1C2CC3CC(C2)C(=O)OC1C3. The molecule has 27 heavy (non-hydrogen) atoms. The first kappa shape index (κ1) is 19.6. The summed E-state index contributed by atoms with van der Waals surface area (Å²) in [5.74, 6) is -1.80. The normalized spacial score (nSPS) is 31.7. The van der Waals surface area contributed by atoms with Crippen molar-refractivity contribution in [2.24, 2.45) is 23.2 Å². The molecule has 0 spiro atoms. The van der Waals surface area contributed by atoms with E-state index in [2.05, 4.69) is 0 Å². The topological polar surface area (TPSA) is 105 Å². The molecule has 2 aliphatic heterocycles. The molecule has 0 radical (unpaired) electrons. The molecule has 2 aliphatic carbocycles. The zero-order valence-electron chi connectivity index (χ0n) is 15.9. The van der Waals surface area contributed by atoms with Gasteiger partial charge in [0, 0.05) is 5.92 Å². The Bertz CT molecular complexity index is 634. The van der Waals surface area contributed by atoms with Gasteiger partial charge in [-0.3, -0.25) is 9.59 Å². The van der Waals surface area contributed by atoms with E-state index in [1.807, 2.05) is 0 Å². The van der Waals surface area contributed by atoms with E-state index in [-0.39, 0.29) is 17.8 Å². The molecule has 2 saturated carbocycles. The molecule has 0 aromatic rings. The van der Waals surface area contributed by atoms with Crippen LogP contribution in [0.2, 0.25) is 0 Å². The Morgan fingerprint density at radius 2 is 1.70 bits per heavy atom. The highest BCUT2D eigenvalue weighted by Gasteiger charge is 2.51. The number of fused-ring (bicyclic) bond motifs is 1. The van der Waals surface area contributed by atoms with E-state index in [0.717, 1.165) is 12.8 Å². The maximum atomic E-state index is 12.1. The molecule has 0 N–H and O–H groups in total. The predicted octanol–water partition coefficient (Wildman–Crippen LogP) is 1.39. The van der Waals surface area contributed by atoms with Gasteiger partial charge in [0.25, 0.3) is 0 Å². The monoisotopic (exact) mass is 382 g/mol. The molecule has 2 saturated heterocycles. The van der Waals surface area contributed by atoms with E-state index in [1.54, 1.807) is 20.8 Å². The maximum Gasteiger partial charge on any atom is 0.344 e. The minimum Gasteiger partial charge on any atom is -0.458 e. The summed E-state index contributed by atoms with van der Waals surface area (Å²) in [5.41, 5.74) is -0.728. The van der Waals surface area contributed by atoms with Crippen LogP contribution in [0.3, 0.4) is 0 Å². The number of hydrogen-bond acceptors (Lipinski definition) is 8. The van der Waals surface area contributed by atoms with Crippen molar-refractivity contribution in [2.45, 2.75) is 58.7 Å². The predicted molar refractivity (Wildman–Crippen MR) is 90.1 cm³/mol. The molecule has 8 heteroatoms. The van der Waals surface area contributed by atoms with Gasteiger partial charge in [0.2, 0.25) is 0 Å². The van der Waals surface area contributed by atoms with Crippen LogP contribution in [-0.4, -0.2) is 49.3 Å². The first-order valence-electron chi connectivity index (χ1n) is 9.36. The van der Waals surface area contributed by atoms with Crippen LogP contribution in [0.5, 0.6) is 0 Å². The molecule has 4 fully saturated rings. The highest BCUT2D eigenvalue weighted by atomic mass is 16.6. The summed E-state index contributed by atoms with van der Waals surface area (Å²) in [5, 5.41) is 0. The van der Waals surface area contributed by atoms with Crippen molar-refractivity contribution in [1.82, 2.24) is 0 Å². The third kappa shape index (κ3) is 4.59. The van der Waals surface area contributed by atoms with Gasteiger partial charge in [0.15, 0.2) is 13.2 Å². The van der Waals surface area contributed by atoms with Crippen molar-refractivity contribution >= 4 is 23.9 Å². The van der Waals surface area contributed by atoms with Gasteiger partial charge in [-0.05, 0) is 52.4 Å². The summed E-state index contributed by atoms with van der Waals surface area (Å²) >= 11 is 0. The van der Waals surface area contributed by atoms with Crippen LogP contribution in [0.15, 0.2) is 0 Å². The molecule has 0 aromatic heterocycles. The average Bonchev–Trinajstić information content (AvgIpc) is 2.74. The highest BCUT2D eigenvalue weighted by Crippen LogP contribution is 2.48. The van der Waals surface area contributed by atoms with Crippen LogP contribution in [0, 0.1) is 23.2 Å².